The van der Waals surface area contributed by atoms with Crippen LogP contribution in [0.1, 0.15) is 11.1 Å². The Balaban J connectivity index is 2.00. The molecule has 32 heavy (non-hydrogen) atoms. The summed E-state index contributed by atoms with van der Waals surface area (Å²) in [5.41, 5.74) is 1.29. The number of hydrogen-bond donors (Lipinski definition) is 1. The lowest BCUT2D eigenvalue weighted by atomic mass is 10.00. The highest BCUT2D eigenvalue weighted by Crippen LogP contribution is 2.33. The number of carboxylic acid groups (broad SMARTS) is 1. The zero-order valence-electron chi connectivity index (χ0n) is 17.0. The molecule has 0 aliphatic heterocycles. The lowest BCUT2D eigenvalue weighted by Gasteiger charge is -2.19. The van der Waals surface area contributed by atoms with Crippen molar-refractivity contribution in [3.05, 3.63) is 83.7 Å². The van der Waals surface area contributed by atoms with Crippen LogP contribution in [0.25, 0.3) is 11.1 Å². The van der Waals surface area contributed by atoms with E-state index in [2.05, 4.69) is 0 Å². The van der Waals surface area contributed by atoms with Crippen molar-refractivity contribution >= 4 is 16.0 Å². The number of carboxylic acids is 1. The van der Waals surface area contributed by atoms with Gasteiger partial charge < -0.3 is 9.84 Å². The first-order valence-electron chi connectivity index (χ1n) is 9.40. The summed E-state index contributed by atoms with van der Waals surface area (Å²) in [7, 11) is -2.31. The number of hydrogen-bond acceptors (Lipinski definition) is 5. The quantitative estimate of drug-likeness (QED) is 0.557. The van der Waals surface area contributed by atoms with Crippen LogP contribution < -0.4 is 4.74 Å². The van der Waals surface area contributed by atoms with Gasteiger partial charge in [-0.1, -0.05) is 24.3 Å². The molecule has 0 saturated heterocycles. The van der Waals surface area contributed by atoms with Gasteiger partial charge in [-0.15, -0.1) is 0 Å². The van der Waals surface area contributed by atoms with Gasteiger partial charge in [-0.2, -0.15) is 9.57 Å². The Morgan fingerprint density at radius 2 is 1.84 bits per heavy atom. The van der Waals surface area contributed by atoms with Gasteiger partial charge in [0.1, 0.15) is 11.6 Å². The molecule has 7 nitrogen and oxygen atoms in total. The zero-order chi connectivity index (χ0) is 23.3. The zero-order valence-corrected chi connectivity index (χ0v) is 17.8. The van der Waals surface area contributed by atoms with Crippen molar-refractivity contribution in [1.29, 1.82) is 5.26 Å². The van der Waals surface area contributed by atoms with Crippen molar-refractivity contribution < 1.29 is 27.4 Å². The van der Waals surface area contributed by atoms with E-state index in [0.717, 1.165) is 6.07 Å². The molecular formula is C23H19FN2O5S. The highest BCUT2D eigenvalue weighted by atomic mass is 32.2. The third-order valence-electron chi connectivity index (χ3n) is 4.59. The van der Waals surface area contributed by atoms with Gasteiger partial charge in [0.2, 0.25) is 10.0 Å². The predicted octanol–water partition coefficient (Wildman–Crippen LogP) is 3.65. The van der Waals surface area contributed by atoms with Gasteiger partial charge in [-0.25, -0.2) is 17.6 Å². The van der Waals surface area contributed by atoms with Crippen LogP contribution >= 0.6 is 0 Å². The molecule has 0 aliphatic rings. The highest BCUT2D eigenvalue weighted by Gasteiger charge is 2.21. The standard InChI is InChI=1S/C23H19FN2O5S/c1-26(32(29,30)20-5-3-2-4-6-20)14-16-7-8-22(31-15-23(27)28)21(11-16)18-9-17(13-25)10-19(24)12-18/h2-12H,14-15H2,1H3,(H,27,28). The second-order valence-electron chi connectivity index (χ2n) is 6.93. The molecule has 3 aromatic rings. The fourth-order valence-electron chi connectivity index (χ4n) is 3.09. The molecule has 0 bridgehead atoms. The third kappa shape index (κ3) is 5.29. The summed E-state index contributed by atoms with van der Waals surface area (Å²) >= 11 is 0. The van der Waals surface area contributed by atoms with Gasteiger partial charge in [0, 0.05) is 19.2 Å². The number of aliphatic carboxylic acids is 1. The van der Waals surface area contributed by atoms with E-state index in [-0.39, 0.29) is 22.8 Å². The number of nitrogens with zero attached hydrogens (tertiary/aromatic N) is 2. The van der Waals surface area contributed by atoms with E-state index in [4.69, 9.17) is 15.1 Å². The molecule has 0 aromatic heterocycles. The van der Waals surface area contributed by atoms with Crippen LogP contribution in [0.3, 0.4) is 0 Å². The molecule has 3 aromatic carbocycles. The number of nitriles is 1. The normalized spacial score (nSPS) is 11.2. The molecule has 0 atom stereocenters. The van der Waals surface area contributed by atoms with Gasteiger partial charge in [-0.05, 0) is 53.6 Å². The minimum absolute atomic E-state index is 0.00383. The Morgan fingerprint density at radius 3 is 2.50 bits per heavy atom. The molecule has 0 heterocycles. The molecule has 0 saturated carbocycles. The fraction of sp³-hybridized carbons (Fsp3) is 0.130. The molecule has 1 N–H and O–H groups in total. The molecule has 3 rings (SSSR count). The molecule has 9 heteroatoms. The maximum Gasteiger partial charge on any atom is 0.341 e. The Bertz CT molecular complexity index is 1290. The van der Waals surface area contributed by atoms with E-state index < -0.39 is 28.4 Å². The van der Waals surface area contributed by atoms with Crippen LogP contribution in [0.2, 0.25) is 0 Å². The second-order valence-corrected chi connectivity index (χ2v) is 8.97. The van der Waals surface area contributed by atoms with Gasteiger partial charge >= 0.3 is 5.97 Å². The number of benzene rings is 3. The van der Waals surface area contributed by atoms with Crippen LogP contribution in [0.4, 0.5) is 4.39 Å². The molecule has 164 valence electrons. The summed E-state index contributed by atoms with van der Waals surface area (Å²) in [5.74, 6) is -1.66. The summed E-state index contributed by atoms with van der Waals surface area (Å²) in [6.07, 6.45) is 0. The van der Waals surface area contributed by atoms with Gasteiger partial charge in [0.05, 0.1) is 16.5 Å². The largest absolute Gasteiger partial charge is 0.481 e. The van der Waals surface area contributed by atoms with Crippen LogP contribution in [-0.2, 0) is 21.4 Å². The fourth-order valence-corrected chi connectivity index (χ4v) is 4.27. The van der Waals surface area contributed by atoms with Crippen molar-refractivity contribution in [3.63, 3.8) is 0 Å². The van der Waals surface area contributed by atoms with Gasteiger partial charge in [0.15, 0.2) is 6.61 Å². The van der Waals surface area contributed by atoms with Crippen molar-refractivity contribution in [3.8, 4) is 22.9 Å². The van der Waals surface area contributed by atoms with Crippen LogP contribution in [-0.4, -0.2) is 37.5 Å². The molecule has 0 fully saturated rings. The number of rotatable bonds is 8. The average Bonchev–Trinajstić information content (AvgIpc) is 2.78. The minimum atomic E-state index is -3.74. The second kappa shape index (κ2) is 9.60. The average molecular weight is 454 g/mol. The summed E-state index contributed by atoms with van der Waals surface area (Å²) in [6, 6.07) is 18.2. The molecule has 0 aliphatic carbocycles. The Hall–Kier alpha value is -3.74. The lowest BCUT2D eigenvalue weighted by molar-refractivity contribution is -0.139. The first-order valence-corrected chi connectivity index (χ1v) is 10.8. The van der Waals surface area contributed by atoms with E-state index in [1.54, 1.807) is 30.3 Å². The Kier molecular flexibility index (Phi) is 6.88. The topological polar surface area (TPSA) is 108 Å². The van der Waals surface area contributed by atoms with E-state index in [1.807, 2.05) is 6.07 Å². The van der Waals surface area contributed by atoms with E-state index >= 15 is 0 Å². The van der Waals surface area contributed by atoms with E-state index in [0.29, 0.717) is 16.7 Å². The summed E-state index contributed by atoms with van der Waals surface area (Å²) in [6.45, 7) is -0.612. The predicted molar refractivity (Wildman–Crippen MR) is 115 cm³/mol. The lowest BCUT2D eigenvalue weighted by Crippen LogP contribution is -2.26. The molecule has 0 amide bonds. The summed E-state index contributed by atoms with van der Waals surface area (Å²) < 4.78 is 46.2. The van der Waals surface area contributed by atoms with Gasteiger partial charge in [-0.3, -0.25) is 0 Å². The molecule has 0 unspecified atom stereocenters. The SMILES string of the molecule is CN(Cc1ccc(OCC(=O)O)c(-c2cc(F)cc(C#N)c2)c1)S(=O)(=O)c1ccccc1. The number of carbonyl (C=O) groups is 1. The Morgan fingerprint density at radius 1 is 1.12 bits per heavy atom. The minimum Gasteiger partial charge on any atom is -0.481 e. The van der Waals surface area contributed by atoms with Crippen LogP contribution in [0, 0.1) is 17.1 Å². The maximum atomic E-state index is 14.0. The first-order chi connectivity index (χ1) is 15.2. The van der Waals surface area contributed by atoms with Crippen molar-refractivity contribution in [2.45, 2.75) is 11.4 Å². The van der Waals surface area contributed by atoms with Crippen molar-refractivity contribution in [1.82, 2.24) is 4.31 Å². The number of halogens is 1. The monoisotopic (exact) mass is 454 g/mol. The van der Waals surface area contributed by atoms with E-state index in [9.17, 15) is 17.6 Å². The number of ether oxygens (including phenoxy) is 1. The first kappa shape index (κ1) is 22.9. The summed E-state index contributed by atoms with van der Waals surface area (Å²) in [5, 5.41) is 18.1. The highest BCUT2D eigenvalue weighted by molar-refractivity contribution is 7.89. The summed E-state index contributed by atoms with van der Waals surface area (Å²) in [4.78, 5) is 11.1. The van der Waals surface area contributed by atoms with Crippen LogP contribution in [0.15, 0.2) is 71.6 Å². The molecule has 0 spiro atoms. The van der Waals surface area contributed by atoms with Crippen molar-refractivity contribution in [2.75, 3.05) is 13.7 Å². The third-order valence-corrected chi connectivity index (χ3v) is 6.41. The smallest absolute Gasteiger partial charge is 0.341 e. The molecule has 0 radical (unpaired) electrons. The van der Waals surface area contributed by atoms with E-state index in [1.165, 1.54) is 41.7 Å². The molecular weight excluding hydrogens is 435 g/mol. The van der Waals surface area contributed by atoms with Crippen molar-refractivity contribution in [2.24, 2.45) is 0 Å². The number of sulfonamides is 1. The maximum absolute atomic E-state index is 14.0. The Labute approximate surface area is 185 Å². The van der Waals surface area contributed by atoms with Gasteiger partial charge in [0.25, 0.3) is 0 Å². The van der Waals surface area contributed by atoms with Crippen LogP contribution in [0.5, 0.6) is 5.75 Å².